The molecular weight excluding hydrogens is 408 g/mol. The summed E-state index contributed by atoms with van der Waals surface area (Å²) in [6, 6.07) is 3.25. The highest BCUT2D eigenvalue weighted by Crippen LogP contribution is 2.37. The van der Waals surface area contributed by atoms with E-state index in [2.05, 4.69) is 11.7 Å². The molecule has 25 heavy (non-hydrogen) atoms. The van der Waals surface area contributed by atoms with Crippen molar-refractivity contribution in [3.8, 4) is 11.5 Å². The van der Waals surface area contributed by atoms with Gasteiger partial charge in [-0.2, -0.15) is 0 Å². The lowest BCUT2D eigenvalue weighted by Crippen LogP contribution is -2.00. The van der Waals surface area contributed by atoms with Crippen molar-refractivity contribution in [2.24, 2.45) is 5.16 Å². The van der Waals surface area contributed by atoms with Crippen LogP contribution in [0.25, 0.3) is 0 Å². The molecule has 0 saturated heterocycles. The zero-order valence-electron chi connectivity index (χ0n) is 13.5. The van der Waals surface area contributed by atoms with Crippen LogP contribution in [0.1, 0.15) is 19.3 Å². The van der Waals surface area contributed by atoms with E-state index >= 15 is 0 Å². The van der Waals surface area contributed by atoms with E-state index in [-0.39, 0.29) is 11.1 Å². The Labute approximate surface area is 167 Å². The quantitative estimate of drug-likeness (QED) is 0.167. The maximum atomic E-state index is 6.18. The molecule has 0 aliphatic carbocycles. The Balaban J connectivity index is 2.37. The minimum atomic E-state index is 0.134. The van der Waals surface area contributed by atoms with Crippen molar-refractivity contribution >= 4 is 52.6 Å². The van der Waals surface area contributed by atoms with Crippen LogP contribution < -0.4 is 9.47 Å². The standard InChI is InChI=1S/C17H19Cl4NO3/c1-2-8-25-22-7-4-3-5-9-24-17-14(18)11-13(12-15(17)19)23-10-6-16(20)21/h2,6-7,11-12H,1,3-5,8-10H2. The molecule has 1 rings (SSSR count). The Morgan fingerprint density at radius 2 is 1.80 bits per heavy atom. The fraction of sp³-hybridized carbons (Fsp3) is 0.353. The molecule has 0 bridgehead atoms. The van der Waals surface area contributed by atoms with E-state index in [1.54, 1.807) is 24.4 Å². The van der Waals surface area contributed by atoms with Gasteiger partial charge in [-0.05, 0) is 25.3 Å². The van der Waals surface area contributed by atoms with Gasteiger partial charge in [-0.1, -0.05) is 64.2 Å². The van der Waals surface area contributed by atoms with Crippen molar-refractivity contribution in [2.45, 2.75) is 19.3 Å². The van der Waals surface area contributed by atoms with Gasteiger partial charge < -0.3 is 14.3 Å². The van der Waals surface area contributed by atoms with E-state index in [9.17, 15) is 0 Å². The maximum absolute atomic E-state index is 6.18. The summed E-state index contributed by atoms with van der Waals surface area (Å²) in [5.74, 6) is 0.938. The second kappa shape index (κ2) is 13.2. The number of ether oxygens (including phenoxy) is 2. The smallest absolute Gasteiger partial charge is 0.156 e. The molecule has 0 amide bonds. The van der Waals surface area contributed by atoms with Gasteiger partial charge in [-0.3, -0.25) is 0 Å². The minimum Gasteiger partial charge on any atom is -0.490 e. The average molecular weight is 427 g/mol. The first-order chi connectivity index (χ1) is 12.0. The lowest BCUT2D eigenvalue weighted by molar-refractivity contribution is 0.175. The van der Waals surface area contributed by atoms with Crippen molar-refractivity contribution in [3.63, 3.8) is 0 Å². The van der Waals surface area contributed by atoms with E-state index in [0.29, 0.717) is 34.8 Å². The zero-order chi connectivity index (χ0) is 18.5. The number of unbranched alkanes of at least 4 members (excludes halogenated alkanes) is 2. The second-order valence-electron chi connectivity index (χ2n) is 4.74. The molecule has 0 saturated carbocycles. The summed E-state index contributed by atoms with van der Waals surface area (Å²) < 4.78 is 11.2. The molecule has 0 atom stereocenters. The molecule has 4 nitrogen and oxygen atoms in total. The van der Waals surface area contributed by atoms with Gasteiger partial charge in [0.1, 0.15) is 23.5 Å². The van der Waals surface area contributed by atoms with E-state index in [1.165, 1.54) is 6.08 Å². The molecule has 1 aromatic rings. The Bertz CT molecular complexity index is 579. The van der Waals surface area contributed by atoms with Gasteiger partial charge in [0, 0.05) is 18.3 Å². The third-order valence-corrected chi connectivity index (χ3v) is 3.64. The molecule has 1 aromatic carbocycles. The van der Waals surface area contributed by atoms with Crippen LogP contribution in [0.4, 0.5) is 0 Å². The van der Waals surface area contributed by atoms with Crippen LogP contribution in [-0.4, -0.2) is 26.0 Å². The molecule has 0 unspecified atom stereocenters. The lowest BCUT2D eigenvalue weighted by Gasteiger charge is -2.12. The van der Waals surface area contributed by atoms with Crippen LogP contribution in [0.3, 0.4) is 0 Å². The Kier molecular flexibility index (Phi) is 11.6. The summed E-state index contributed by atoms with van der Waals surface area (Å²) >= 11 is 23.4. The van der Waals surface area contributed by atoms with Crippen molar-refractivity contribution in [1.82, 2.24) is 0 Å². The number of rotatable bonds is 12. The molecule has 0 aliphatic rings. The SMILES string of the molecule is C=CCON=CCCCCOc1c(Cl)cc(OCC=C(Cl)Cl)cc1Cl. The number of hydrogen-bond acceptors (Lipinski definition) is 4. The van der Waals surface area contributed by atoms with Gasteiger partial charge >= 0.3 is 0 Å². The summed E-state index contributed by atoms with van der Waals surface area (Å²) in [7, 11) is 0. The first kappa shape index (κ1) is 22.0. The number of nitrogens with zero attached hydrogens (tertiary/aromatic N) is 1. The third kappa shape index (κ3) is 9.85. The normalized spacial score (nSPS) is 10.6. The Hall–Kier alpha value is -1.07. The van der Waals surface area contributed by atoms with Crippen molar-refractivity contribution in [2.75, 3.05) is 19.8 Å². The third-order valence-electron chi connectivity index (χ3n) is 2.77. The van der Waals surface area contributed by atoms with Gasteiger partial charge in [-0.25, -0.2) is 0 Å². The van der Waals surface area contributed by atoms with Crippen LogP contribution in [0.5, 0.6) is 11.5 Å². The van der Waals surface area contributed by atoms with Crippen LogP contribution in [0, 0.1) is 0 Å². The lowest BCUT2D eigenvalue weighted by atomic mass is 10.2. The van der Waals surface area contributed by atoms with E-state index < -0.39 is 0 Å². The van der Waals surface area contributed by atoms with Crippen LogP contribution in [0.15, 0.2) is 40.5 Å². The summed E-state index contributed by atoms with van der Waals surface area (Å²) in [6.07, 6.45) is 7.41. The zero-order valence-corrected chi connectivity index (χ0v) is 16.5. The first-order valence-corrected chi connectivity index (χ1v) is 9.06. The molecule has 0 fully saturated rings. The van der Waals surface area contributed by atoms with Gasteiger partial charge in [0.25, 0.3) is 0 Å². The van der Waals surface area contributed by atoms with Crippen LogP contribution >= 0.6 is 46.4 Å². The molecule has 138 valence electrons. The Morgan fingerprint density at radius 3 is 2.44 bits per heavy atom. The summed E-state index contributed by atoms with van der Waals surface area (Å²) in [5, 5.41) is 4.53. The van der Waals surface area contributed by atoms with Gasteiger partial charge in [0.2, 0.25) is 0 Å². The molecule has 0 N–H and O–H groups in total. The average Bonchev–Trinajstić information content (AvgIpc) is 2.55. The number of oxime groups is 1. The topological polar surface area (TPSA) is 40.0 Å². The number of halogens is 4. The highest BCUT2D eigenvalue weighted by atomic mass is 35.5. The number of hydrogen-bond donors (Lipinski definition) is 0. The predicted octanol–water partition coefficient (Wildman–Crippen LogP) is 6.43. The van der Waals surface area contributed by atoms with Crippen molar-refractivity contribution in [3.05, 3.63) is 45.4 Å². The van der Waals surface area contributed by atoms with Crippen molar-refractivity contribution < 1.29 is 14.3 Å². The first-order valence-electron chi connectivity index (χ1n) is 7.55. The second-order valence-corrected chi connectivity index (χ2v) is 6.56. The maximum Gasteiger partial charge on any atom is 0.156 e. The van der Waals surface area contributed by atoms with Crippen molar-refractivity contribution in [1.29, 1.82) is 0 Å². The van der Waals surface area contributed by atoms with E-state index in [0.717, 1.165) is 19.3 Å². The summed E-state index contributed by atoms with van der Waals surface area (Å²) in [4.78, 5) is 4.90. The molecule has 0 radical (unpaired) electrons. The minimum absolute atomic E-state index is 0.134. The molecule has 0 spiro atoms. The largest absolute Gasteiger partial charge is 0.490 e. The molecule has 0 aliphatic heterocycles. The molecular formula is C17H19Cl4NO3. The molecule has 0 aromatic heterocycles. The fourth-order valence-corrected chi connectivity index (χ4v) is 2.37. The fourth-order valence-electron chi connectivity index (χ4n) is 1.67. The molecule has 8 heteroatoms. The van der Waals surface area contributed by atoms with Crippen LogP contribution in [0.2, 0.25) is 10.0 Å². The van der Waals surface area contributed by atoms with E-state index in [4.69, 9.17) is 60.7 Å². The summed E-state index contributed by atoms with van der Waals surface area (Å²) in [6.45, 7) is 4.65. The van der Waals surface area contributed by atoms with Gasteiger partial charge in [-0.15, -0.1) is 0 Å². The monoisotopic (exact) mass is 425 g/mol. The Morgan fingerprint density at radius 1 is 1.08 bits per heavy atom. The summed E-state index contributed by atoms with van der Waals surface area (Å²) in [5.41, 5.74) is 0. The van der Waals surface area contributed by atoms with Gasteiger partial charge in [0.15, 0.2) is 5.75 Å². The number of benzene rings is 1. The molecule has 0 heterocycles. The van der Waals surface area contributed by atoms with Crippen LogP contribution in [-0.2, 0) is 4.84 Å². The van der Waals surface area contributed by atoms with E-state index in [1.807, 2.05) is 0 Å². The highest BCUT2D eigenvalue weighted by molar-refractivity contribution is 6.55. The highest BCUT2D eigenvalue weighted by Gasteiger charge is 2.10. The predicted molar refractivity (Wildman–Crippen MR) is 106 cm³/mol. The van der Waals surface area contributed by atoms with Gasteiger partial charge in [0.05, 0.1) is 16.7 Å².